The average Bonchev–Trinajstić information content (AvgIpc) is 3.23. The van der Waals surface area contributed by atoms with Crippen LogP contribution >= 0.6 is 11.8 Å². The maximum Gasteiger partial charge on any atom is 0.284 e. The summed E-state index contributed by atoms with van der Waals surface area (Å²) in [5.74, 6) is -0.918. The zero-order chi connectivity index (χ0) is 17.8. The predicted octanol–water partition coefficient (Wildman–Crippen LogP) is 3.40. The molecule has 0 saturated heterocycles. The number of thioether (sulfide) groups is 1. The Morgan fingerprint density at radius 2 is 2.12 bits per heavy atom. The highest BCUT2D eigenvalue weighted by Crippen LogP contribution is 2.24. The van der Waals surface area contributed by atoms with Gasteiger partial charge in [-0.1, -0.05) is 11.8 Å². The molecule has 9 heteroatoms. The third-order valence-electron chi connectivity index (χ3n) is 3.06. The van der Waals surface area contributed by atoms with E-state index in [1.807, 2.05) is 0 Å². The third-order valence-corrected chi connectivity index (χ3v) is 3.87. The van der Waals surface area contributed by atoms with Gasteiger partial charge in [-0.05, 0) is 30.3 Å². The molecule has 0 aliphatic carbocycles. The second kappa shape index (κ2) is 7.31. The number of hydrogen-bond acceptors (Lipinski definition) is 7. The van der Waals surface area contributed by atoms with Gasteiger partial charge in [0.05, 0.1) is 17.6 Å². The number of halogens is 1. The summed E-state index contributed by atoms with van der Waals surface area (Å²) in [5.41, 5.74) is 0.210. The molecule has 2 aromatic heterocycles. The number of amides is 1. The van der Waals surface area contributed by atoms with Gasteiger partial charge in [-0.3, -0.25) is 9.59 Å². The first-order valence-electron chi connectivity index (χ1n) is 7.13. The van der Waals surface area contributed by atoms with E-state index in [0.29, 0.717) is 5.76 Å². The molecule has 3 aromatic rings. The van der Waals surface area contributed by atoms with Crippen LogP contribution in [0.15, 0.2) is 50.7 Å². The van der Waals surface area contributed by atoms with Crippen LogP contribution in [-0.4, -0.2) is 27.6 Å². The van der Waals surface area contributed by atoms with Crippen molar-refractivity contribution in [3.63, 3.8) is 0 Å². The van der Waals surface area contributed by atoms with Crippen LogP contribution in [0.4, 0.5) is 10.1 Å². The number of rotatable bonds is 6. The van der Waals surface area contributed by atoms with Crippen LogP contribution in [0.3, 0.4) is 0 Å². The molecule has 1 aromatic carbocycles. The molecule has 0 atom stereocenters. The first-order chi connectivity index (χ1) is 12.0. The molecule has 25 heavy (non-hydrogen) atoms. The van der Waals surface area contributed by atoms with Crippen LogP contribution in [0, 0.1) is 5.82 Å². The van der Waals surface area contributed by atoms with Crippen molar-refractivity contribution in [2.75, 3.05) is 11.1 Å². The zero-order valence-electron chi connectivity index (χ0n) is 13.0. The maximum absolute atomic E-state index is 14.0. The van der Waals surface area contributed by atoms with Crippen molar-refractivity contribution in [3.05, 3.63) is 48.0 Å². The minimum Gasteiger partial charge on any atom is -0.459 e. The summed E-state index contributed by atoms with van der Waals surface area (Å²) in [6, 6.07) is 7.24. The first kappa shape index (κ1) is 16.9. The highest BCUT2D eigenvalue weighted by molar-refractivity contribution is 7.99. The van der Waals surface area contributed by atoms with Gasteiger partial charge in [-0.2, -0.15) is 0 Å². The number of carbonyl (C=O) groups is 2. The standard InChI is InChI=1S/C16H12FN3O4S/c1-9(21)18-10-4-5-11(12(17)7-10)13(22)8-25-16-20-19-15(24-16)14-3-2-6-23-14/h2-7H,8H2,1H3,(H,18,21). The van der Waals surface area contributed by atoms with E-state index in [4.69, 9.17) is 8.83 Å². The molecule has 0 saturated carbocycles. The Balaban J connectivity index is 1.64. The van der Waals surface area contributed by atoms with Crippen LogP contribution in [-0.2, 0) is 4.79 Å². The Labute approximate surface area is 145 Å². The number of aromatic nitrogens is 2. The monoisotopic (exact) mass is 361 g/mol. The molecule has 2 heterocycles. The smallest absolute Gasteiger partial charge is 0.284 e. The summed E-state index contributed by atoms with van der Waals surface area (Å²) < 4.78 is 24.5. The maximum atomic E-state index is 14.0. The van der Waals surface area contributed by atoms with Crippen LogP contribution in [0.5, 0.6) is 0 Å². The van der Waals surface area contributed by atoms with E-state index in [-0.39, 0.29) is 34.0 Å². The van der Waals surface area contributed by atoms with Gasteiger partial charge < -0.3 is 14.2 Å². The van der Waals surface area contributed by atoms with Crippen LogP contribution in [0.25, 0.3) is 11.7 Å². The van der Waals surface area contributed by atoms with Crippen molar-refractivity contribution in [1.82, 2.24) is 10.2 Å². The fourth-order valence-electron chi connectivity index (χ4n) is 2.00. The molecule has 0 unspecified atom stereocenters. The minimum atomic E-state index is -0.710. The Morgan fingerprint density at radius 1 is 1.28 bits per heavy atom. The van der Waals surface area contributed by atoms with E-state index in [1.165, 1.54) is 25.3 Å². The lowest BCUT2D eigenvalue weighted by Crippen LogP contribution is -2.09. The first-order valence-corrected chi connectivity index (χ1v) is 8.12. The minimum absolute atomic E-state index is 0.0732. The second-order valence-electron chi connectivity index (χ2n) is 4.94. The lowest BCUT2D eigenvalue weighted by Gasteiger charge is -2.05. The number of ketones is 1. The highest BCUT2D eigenvalue weighted by Gasteiger charge is 2.16. The van der Waals surface area contributed by atoms with Crippen molar-refractivity contribution < 1.29 is 22.8 Å². The molecule has 7 nitrogen and oxygen atoms in total. The number of Topliss-reactive ketones (excluding diaryl/α,β-unsaturated/α-hetero) is 1. The molecule has 1 amide bonds. The molecular weight excluding hydrogens is 349 g/mol. The summed E-state index contributed by atoms with van der Waals surface area (Å²) in [6.45, 7) is 1.31. The lowest BCUT2D eigenvalue weighted by atomic mass is 10.1. The van der Waals surface area contributed by atoms with Gasteiger partial charge in [-0.25, -0.2) is 4.39 Å². The topological polar surface area (TPSA) is 98.2 Å². The van der Waals surface area contributed by atoms with Gasteiger partial charge in [0, 0.05) is 12.6 Å². The number of hydrogen-bond donors (Lipinski definition) is 1. The lowest BCUT2D eigenvalue weighted by molar-refractivity contribution is -0.114. The van der Waals surface area contributed by atoms with E-state index >= 15 is 0 Å². The summed E-state index contributed by atoms with van der Waals surface area (Å²) in [6.07, 6.45) is 1.48. The van der Waals surface area contributed by atoms with E-state index in [0.717, 1.165) is 17.8 Å². The van der Waals surface area contributed by atoms with Gasteiger partial charge in [0.25, 0.3) is 11.1 Å². The van der Waals surface area contributed by atoms with Crippen LogP contribution in [0.1, 0.15) is 17.3 Å². The molecule has 0 bridgehead atoms. The van der Waals surface area contributed by atoms with Crippen LogP contribution in [0.2, 0.25) is 0 Å². The van der Waals surface area contributed by atoms with E-state index < -0.39 is 11.6 Å². The highest BCUT2D eigenvalue weighted by atomic mass is 32.2. The van der Waals surface area contributed by atoms with E-state index in [9.17, 15) is 14.0 Å². The van der Waals surface area contributed by atoms with Gasteiger partial charge in [-0.15, -0.1) is 10.2 Å². The molecule has 128 valence electrons. The Kier molecular flexibility index (Phi) is 4.94. The van der Waals surface area contributed by atoms with Crippen LogP contribution < -0.4 is 5.32 Å². The van der Waals surface area contributed by atoms with Crippen molar-refractivity contribution >= 4 is 29.1 Å². The van der Waals surface area contributed by atoms with Crippen molar-refractivity contribution in [2.45, 2.75) is 12.1 Å². The fraction of sp³-hybridized carbons (Fsp3) is 0.125. The molecule has 0 aliphatic rings. The Hall–Kier alpha value is -2.94. The number of benzene rings is 1. The van der Waals surface area contributed by atoms with Crippen molar-refractivity contribution in [1.29, 1.82) is 0 Å². The third kappa shape index (κ3) is 4.13. The number of anilines is 1. The summed E-state index contributed by atoms with van der Waals surface area (Å²) in [4.78, 5) is 23.1. The number of carbonyl (C=O) groups excluding carboxylic acids is 2. The van der Waals surface area contributed by atoms with Gasteiger partial charge in [0.15, 0.2) is 11.5 Å². The summed E-state index contributed by atoms with van der Waals surface area (Å²) >= 11 is 0.997. The van der Waals surface area contributed by atoms with E-state index in [2.05, 4.69) is 15.5 Å². The molecule has 0 spiro atoms. The molecule has 1 N–H and O–H groups in total. The average molecular weight is 361 g/mol. The van der Waals surface area contributed by atoms with Gasteiger partial charge in [0.1, 0.15) is 5.82 Å². The summed E-state index contributed by atoms with van der Waals surface area (Å²) in [5, 5.41) is 10.2. The molecule has 0 radical (unpaired) electrons. The Morgan fingerprint density at radius 3 is 2.80 bits per heavy atom. The largest absolute Gasteiger partial charge is 0.459 e. The second-order valence-corrected chi connectivity index (χ2v) is 5.86. The molecule has 0 aliphatic heterocycles. The Bertz CT molecular complexity index is 908. The normalized spacial score (nSPS) is 10.6. The van der Waals surface area contributed by atoms with Gasteiger partial charge in [0.2, 0.25) is 5.91 Å². The summed E-state index contributed by atoms with van der Waals surface area (Å²) in [7, 11) is 0. The molecule has 3 rings (SSSR count). The SMILES string of the molecule is CC(=O)Nc1ccc(C(=O)CSc2nnc(-c3ccco3)o2)c(F)c1. The molecular formula is C16H12FN3O4S. The predicted molar refractivity (Wildman–Crippen MR) is 87.8 cm³/mol. The zero-order valence-corrected chi connectivity index (χ0v) is 13.8. The quantitative estimate of drug-likeness (QED) is 0.531. The number of nitrogens with one attached hydrogen (secondary N) is 1. The number of nitrogens with zero attached hydrogens (tertiary/aromatic N) is 2. The van der Waals surface area contributed by atoms with Crippen molar-refractivity contribution in [3.8, 4) is 11.7 Å². The fourth-order valence-corrected chi connectivity index (χ4v) is 2.64. The van der Waals surface area contributed by atoms with Crippen molar-refractivity contribution in [2.24, 2.45) is 0 Å². The van der Waals surface area contributed by atoms with Gasteiger partial charge >= 0.3 is 0 Å². The number of furan rings is 1. The van der Waals surface area contributed by atoms with E-state index in [1.54, 1.807) is 12.1 Å². The molecule has 0 fully saturated rings.